The number of aliphatic hydroxyl groups excluding tert-OH is 1. The monoisotopic (exact) mass is 283 g/mol. The molecular weight excluding hydrogens is 266 g/mol. The summed E-state index contributed by atoms with van der Waals surface area (Å²) in [7, 11) is 0. The fraction of sp³-hybridized carbons (Fsp3) is 0.538. The second-order valence-corrected chi connectivity index (χ2v) is 5.42. The molecule has 0 amide bonds. The van der Waals surface area contributed by atoms with Crippen LogP contribution in [0.3, 0.4) is 0 Å². The topological polar surface area (TPSA) is 32.3 Å². The minimum absolute atomic E-state index is 0.214. The van der Waals surface area contributed by atoms with Crippen LogP contribution < -0.4 is 5.32 Å². The van der Waals surface area contributed by atoms with E-state index >= 15 is 0 Å². The summed E-state index contributed by atoms with van der Waals surface area (Å²) in [5, 5.41) is 13.5. The number of hydrogen-bond acceptors (Lipinski definition) is 2. The molecule has 3 heteroatoms. The van der Waals surface area contributed by atoms with Crippen LogP contribution in [0.15, 0.2) is 28.7 Å². The Hall–Kier alpha value is -0.380. The van der Waals surface area contributed by atoms with Crippen LogP contribution in [-0.4, -0.2) is 24.3 Å². The molecule has 1 aliphatic rings. The lowest BCUT2D eigenvalue weighted by atomic mass is 9.90. The van der Waals surface area contributed by atoms with Gasteiger partial charge in [0.15, 0.2) is 0 Å². The SMILES string of the molecule is OC(Cc1ccc(Br)cc1)C1CCCNC1. The number of hydrogen-bond donors (Lipinski definition) is 2. The molecule has 0 saturated carbocycles. The number of piperidine rings is 1. The number of rotatable bonds is 3. The van der Waals surface area contributed by atoms with Gasteiger partial charge in [-0.1, -0.05) is 28.1 Å². The van der Waals surface area contributed by atoms with E-state index in [4.69, 9.17) is 0 Å². The molecule has 0 aromatic heterocycles. The van der Waals surface area contributed by atoms with E-state index in [0.29, 0.717) is 5.92 Å². The Labute approximate surface area is 105 Å². The van der Waals surface area contributed by atoms with Crippen LogP contribution in [0.4, 0.5) is 0 Å². The molecule has 1 saturated heterocycles. The van der Waals surface area contributed by atoms with Crippen molar-refractivity contribution in [3.05, 3.63) is 34.3 Å². The smallest absolute Gasteiger partial charge is 0.0620 e. The van der Waals surface area contributed by atoms with Gasteiger partial charge in [0, 0.05) is 11.0 Å². The lowest BCUT2D eigenvalue weighted by Gasteiger charge is -2.27. The van der Waals surface area contributed by atoms with Gasteiger partial charge in [-0.15, -0.1) is 0 Å². The molecule has 0 aliphatic carbocycles. The zero-order chi connectivity index (χ0) is 11.4. The first kappa shape index (κ1) is 12.1. The van der Waals surface area contributed by atoms with Crippen molar-refractivity contribution in [3.8, 4) is 0 Å². The van der Waals surface area contributed by atoms with Crippen molar-refractivity contribution < 1.29 is 5.11 Å². The molecule has 1 aromatic carbocycles. The highest BCUT2D eigenvalue weighted by Gasteiger charge is 2.21. The first-order valence-corrected chi connectivity index (χ1v) is 6.68. The van der Waals surface area contributed by atoms with Gasteiger partial charge >= 0.3 is 0 Å². The highest BCUT2D eigenvalue weighted by molar-refractivity contribution is 9.10. The van der Waals surface area contributed by atoms with Crippen molar-refractivity contribution in [2.24, 2.45) is 5.92 Å². The van der Waals surface area contributed by atoms with E-state index in [1.807, 2.05) is 12.1 Å². The van der Waals surface area contributed by atoms with Crippen LogP contribution in [0.5, 0.6) is 0 Å². The largest absolute Gasteiger partial charge is 0.392 e. The Kier molecular flexibility index (Phi) is 4.38. The molecule has 88 valence electrons. The predicted molar refractivity (Wildman–Crippen MR) is 69.4 cm³/mol. The average Bonchev–Trinajstić information content (AvgIpc) is 2.33. The third kappa shape index (κ3) is 3.30. The summed E-state index contributed by atoms with van der Waals surface area (Å²) < 4.78 is 1.09. The molecule has 2 rings (SSSR count). The molecule has 2 unspecified atom stereocenters. The maximum atomic E-state index is 10.1. The van der Waals surface area contributed by atoms with E-state index in [-0.39, 0.29) is 6.10 Å². The highest BCUT2D eigenvalue weighted by Crippen LogP contribution is 2.19. The zero-order valence-electron chi connectivity index (χ0n) is 9.32. The van der Waals surface area contributed by atoms with Crippen LogP contribution in [0.1, 0.15) is 18.4 Å². The Bertz CT molecular complexity index is 319. The number of halogens is 1. The van der Waals surface area contributed by atoms with Gasteiger partial charge in [0.05, 0.1) is 6.10 Å². The minimum atomic E-state index is -0.214. The molecule has 1 aliphatic heterocycles. The van der Waals surface area contributed by atoms with Crippen molar-refractivity contribution in [3.63, 3.8) is 0 Å². The lowest BCUT2D eigenvalue weighted by Crippen LogP contribution is -2.37. The fourth-order valence-corrected chi connectivity index (χ4v) is 2.50. The van der Waals surface area contributed by atoms with Crippen molar-refractivity contribution in [1.29, 1.82) is 0 Å². The molecule has 1 heterocycles. The third-order valence-electron chi connectivity index (χ3n) is 3.24. The molecule has 16 heavy (non-hydrogen) atoms. The number of aliphatic hydroxyl groups is 1. The van der Waals surface area contributed by atoms with Gasteiger partial charge in [-0.3, -0.25) is 0 Å². The summed E-state index contributed by atoms with van der Waals surface area (Å²) in [5.41, 5.74) is 1.21. The Morgan fingerprint density at radius 3 is 2.75 bits per heavy atom. The van der Waals surface area contributed by atoms with Gasteiger partial charge in [0.25, 0.3) is 0 Å². The standard InChI is InChI=1S/C13H18BrNO/c14-12-5-3-10(4-6-12)8-13(16)11-2-1-7-15-9-11/h3-6,11,13,15-16H,1-2,7-9H2. The van der Waals surface area contributed by atoms with E-state index < -0.39 is 0 Å². The molecule has 2 atom stereocenters. The summed E-state index contributed by atoms with van der Waals surface area (Å²) in [6, 6.07) is 8.20. The van der Waals surface area contributed by atoms with Crippen molar-refractivity contribution >= 4 is 15.9 Å². The minimum Gasteiger partial charge on any atom is -0.392 e. The predicted octanol–water partition coefficient (Wildman–Crippen LogP) is 2.35. The molecule has 0 bridgehead atoms. The van der Waals surface area contributed by atoms with Crippen LogP contribution in [0, 0.1) is 5.92 Å². The van der Waals surface area contributed by atoms with Crippen LogP contribution >= 0.6 is 15.9 Å². The first-order valence-electron chi connectivity index (χ1n) is 5.89. The number of nitrogens with one attached hydrogen (secondary N) is 1. The molecule has 2 N–H and O–H groups in total. The Morgan fingerprint density at radius 2 is 2.12 bits per heavy atom. The zero-order valence-corrected chi connectivity index (χ0v) is 10.9. The van der Waals surface area contributed by atoms with E-state index in [1.54, 1.807) is 0 Å². The summed E-state index contributed by atoms with van der Waals surface area (Å²) >= 11 is 3.42. The summed E-state index contributed by atoms with van der Waals surface area (Å²) in [6.45, 7) is 2.05. The van der Waals surface area contributed by atoms with Crippen LogP contribution in [0.25, 0.3) is 0 Å². The fourth-order valence-electron chi connectivity index (χ4n) is 2.24. The van der Waals surface area contributed by atoms with Gasteiger partial charge < -0.3 is 10.4 Å². The van der Waals surface area contributed by atoms with E-state index in [1.165, 1.54) is 12.0 Å². The van der Waals surface area contributed by atoms with Gasteiger partial charge in [0.2, 0.25) is 0 Å². The van der Waals surface area contributed by atoms with Crippen molar-refractivity contribution in [2.75, 3.05) is 13.1 Å². The van der Waals surface area contributed by atoms with Gasteiger partial charge in [-0.25, -0.2) is 0 Å². The Morgan fingerprint density at radius 1 is 1.38 bits per heavy atom. The number of benzene rings is 1. The molecule has 0 radical (unpaired) electrons. The van der Waals surface area contributed by atoms with E-state index in [2.05, 4.69) is 33.4 Å². The molecule has 1 fully saturated rings. The molecular formula is C13H18BrNO. The molecule has 1 aromatic rings. The summed E-state index contributed by atoms with van der Waals surface area (Å²) in [5.74, 6) is 0.414. The maximum Gasteiger partial charge on any atom is 0.0620 e. The van der Waals surface area contributed by atoms with Gasteiger partial charge in [-0.05, 0) is 49.4 Å². The van der Waals surface area contributed by atoms with Gasteiger partial charge in [0.1, 0.15) is 0 Å². The second-order valence-electron chi connectivity index (χ2n) is 4.50. The normalized spacial score (nSPS) is 23.0. The van der Waals surface area contributed by atoms with E-state index in [9.17, 15) is 5.11 Å². The maximum absolute atomic E-state index is 10.1. The average molecular weight is 284 g/mol. The van der Waals surface area contributed by atoms with Gasteiger partial charge in [-0.2, -0.15) is 0 Å². The van der Waals surface area contributed by atoms with Crippen molar-refractivity contribution in [1.82, 2.24) is 5.32 Å². The quantitative estimate of drug-likeness (QED) is 0.893. The van der Waals surface area contributed by atoms with Crippen LogP contribution in [0.2, 0.25) is 0 Å². The highest BCUT2D eigenvalue weighted by atomic mass is 79.9. The first-order chi connectivity index (χ1) is 7.75. The molecule has 0 spiro atoms. The van der Waals surface area contributed by atoms with Crippen LogP contribution in [-0.2, 0) is 6.42 Å². The third-order valence-corrected chi connectivity index (χ3v) is 3.77. The van der Waals surface area contributed by atoms with E-state index in [0.717, 1.165) is 30.4 Å². The summed E-state index contributed by atoms with van der Waals surface area (Å²) in [6.07, 6.45) is 2.88. The lowest BCUT2D eigenvalue weighted by molar-refractivity contribution is 0.0922. The Balaban J connectivity index is 1.90. The molecule has 2 nitrogen and oxygen atoms in total. The second kappa shape index (κ2) is 5.80. The summed E-state index contributed by atoms with van der Waals surface area (Å²) in [4.78, 5) is 0. The van der Waals surface area contributed by atoms with Crippen molar-refractivity contribution in [2.45, 2.75) is 25.4 Å².